The number of nitrogens with one attached hydrogen (secondary N) is 1. The van der Waals surface area contributed by atoms with Crippen LogP contribution in [-0.4, -0.2) is 34.4 Å². The summed E-state index contributed by atoms with van der Waals surface area (Å²) in [6.45, 7) is 0.808. The number of aromatic nitrogens is 2. The van der Waals surface area contributed by atoms with E-state index in [-0.39, 0.29) is 18.0 Å². The molecule has 0 saturated carbocycles. The number of carbonyl (C=O) groups excluding carboxylic acids is 1. The van der Waals surface area contributed by atoms with E-state index >= 15 is 0 Å². The Hall–Kier alpha value is -2.93. The van der Waals surface area contributed by atoms with E-state index in [1.165, 1.54) is 0 Å². The minimum atomic E-state index is -0.179. The van der Waals surface area contributed by atoms with E-state index in [4.69, 9.17) is 4.74 Å². The number of ether oxygens (including phenoxy) is 1. The molecule has 0 aliphatic carbocycles. The van der Waals surface area contributed by atoms with Crippen molar-refractivity contribution in [2.45, 2.75) is 19.4 Å². The molecule has 0 unspecified atom stereocenters. The highest BCUT2D eigenvalue weighted by atomic mass is 79.9. The van der Waals surface area contributed by atoms with Gasteiger partial charge in [-0.3, -0.25) is 9.59 Å². The van der Waals surface area contributed by atoms with E-state index in [9.17, 15) is 9.59 Å². The second kappa shape index (κ2) is 8.21. The number of aromatic amines is 1. The smallest absolute Gasteiger partial charge is 0.256 e. The van der Waals surface area contributed by atoms with Crippen LogP contribution in [0.15, 0.2) is 57.8 Å². The quantitative estimate of drug-likeness (QED) is 0.657. The lowest BCUT2D eigenvalue weighted by Crippen LogP contribution is -2.39. The van der Waals surface area contributed by atoms with Crippen molar-refractivity contribution in [3.63, 3.8) is 0 Å². The zero-order chi connectivity index (χ0) is 20.4. The Labute approximate surface area is 176 Å². The molecule has 1 amide bonds. The van der Waals surface area contributed by atoms with Crippen molar-refractivity contribution in [2.24, 2.45) is 0 Å². The molecule has 1 aliphatic heterocycles. The lowest BCUT2D eigenvalue weighted by molar-refractivity contribution is 0.0732. The fourth-order valence-corrected chi connectivity index (χ4v) is 3.75. The van der Waals surface area contributed by atoms with Crippen LogP contribution in [0.1, 0.15) is 33.0 Å². The first-order chi connectivity index (χ1) is 14.0. The molecule has 0 radical (unpaired) electrons. The number of carbonyl (C=O) groups is 1. The van der Waals surface area contributed by atoms with Gasteiger partial charge in [-0.25, -0.2) is 4.98 Å². The molecule has 3 aromatic rings. The summed E-state index contributed by atoms with van der Waals surface area (Å²) in [7, 11) is 1.62. The van der Waals surface area contributed by atoms with Crippen LogP contribution in [0.25, 0.3) is 0 Å². The third-order valence-corrected chi connectivity index (χ3v) is 5.53. The molecule has 1 aromatic heterocycles. The molecule has 29 heavy (non-hydrogen) atoms. The average Bonchev–Trinajstić information content (AvgIpc) is 2.74. The monoisotopic (exact) mass is 453 g/mol. The van der Waals surface area contributed by atoms with Crippen LogP contribution in [0.5, 0.6) is 5.75 Å². The Morgan fingerprint density at radius 1 is 1.24 bits per heavy atom. The Morgan fingerprint density at radius 2 is 2.03 bits per heavy atom. The summed E-state index contributed by atoms with van der Waals surface area (Å²) in [5.74, 6) is 1.31. The Balaban J connectivity index is 1.54. The third kappa shape index (κ3) is 4.24. The number of methoxy groups -OCH3 is 1. The molecule has 0 bridgehead atoms. The molecule has 2 aromatic carbocycles. The summed E-state index contributed by atoms with van der Waals surface area (Å²) in [5.41, 5.74) is 2.77. The fraction of sp³-hybridized carbons (Fsp3) is 0.227. The largest absolute Gasteiger partial charge is 0.497 e. The normalized spacial score (nSPS) is 13.1. The predicted octanol–water partition coefficient (Wildman–Crippen LogP) is 3.33. The predicted molar refractivity (Wildman–Crippen MR) is 113 cm³/mol. The summed E-state index contributed by atoms with van der Waals surface area (Å²) in [4.78, 5) is 34.7. The van der Waals surface area contributed by atoms with Crippen molar-refractivity contribution >= 4 is 21.8 Å². The molecular formula is C22H20BrN3O3. The van der Waals surface area contributed by atoms with Gasteiger partial charge in [0.15, 0.2) is 0 Å². The highest BCUT2D eigenvalue weighted by Gasteiger charge is 2.25. The van der Waals surface area contributed by atoms with E-state index in [1.807, 2.05) is 36.4 Å². The van der Waals surface area contributed by atoms with Crippen LogP contribution in [-0.2, 0) is 19.4 Å². The van der Waals surface area contributed by atoms with Crippen molar-refractivity contribution < 1.29 is 9.53 Å². The first kappa shape index (κ1) is 19.4. The number of H-pyrrole nitrogens is 1. The Bertz CT molecular complexity index is 1110. The number of fused-ring (bicyclic) bond motifs is 1. The second-order valence-electron chi connectivity index (χ2n) is 6.95. The number of amides is 1. The van der Waals surface area contributed by atoms with E-state index < -0.39 is 0 Å². The number of hydrogen-bond donors (Lipinski definition) is 1. The van der Waals surface area contributed by atoms with Crippen LogP contribution in [0.4, 0.5) is 0 Å². The van der Waals surface area contributed by atoms with Gasteiger partial charge in [0.1, 0.15) is 11.6 Å². The molecule has 1 N–H and O–H groups in total. The van der Waals surface area contributed by atoms with Crippen molar-refractivity contribution in [1.82, 2.24) is 14.9 Å². The van der Waals surface area contributed by atoms with Crippen LogP contribution < -0.4 is 10.3 Å². The molecular weight excluding hydrogens is 434 g/mol. The van der Waals surface area contributed by atoms with Gasteiger partial charge >= 0.3 is 0 Å². The summed E-state index contributed by atoms with van der Waals surface area (Å²) >= 11 is 3.37. The van der Waals surface area contributed by atoms with Gasteiger partial charge in [0.2, 0.25) is 0 Å². The highest BCUT2D eigenvalue weighted by molar-refractivity contribution is 9.10. The van der Waals surface area contributed by atoms with E-state index in [2.05, 4.69) is 25.9 Å². The lowest BCUT2D eigenvalue weighted by atomic mass is 10.0. The molecule has 0 spiro atoms. The van der Waals surface area contributed by atoms with Crippen molar-refractivity contribution in [3.8, 4) is 5.75 Å². The fourth-order valence-electron chi connectivity index (χ4n) is 3.48. The number of benzene rings is 2. The molecule has 2 heterocycles. The van der Waals surface area contributed by atoms with Gasteiger partial charge in [0.25, 0.3) is 11.5 Å². The molecule has 7 heteroatoms. The molecule has 4 rings (SSSR count). The molecule has 148 valence electrons. The minimum Gasteiger partial charge on any atom is -0.497 e. The number of rotatable bonds is 4. The molecule has 0 fully saturated rings. The van der Waals surface area contributed by atoms with Gasteiger partial charge in [0, 0.05) is 29.4 Å². The van der Waals surface area contributed by atoms with Crippen LogP contribution in [0.3, 0.4) is 0 Å². The maximum atomic E-state index is 12.8. The third-order valence-electron chi connectivity index (χ3n) is 5.00. The molecule has 1 aliphatic rings. The SMILES string of the molecule is COc1cccc(Cc2nc3c(c(=O)[nH]2)CN(C(=O)c2ccc(Br)cc2)CC3)c1. The number of nitrogens with zero attached hydrogens (tertiary/aromatic N) is 2. The van der Waals surface area contributed by atoms with Gasteiger partial charge in [-0.1, -0.05) is 28.1 Å². The van der Waals surface area contributed by atoms with E-state index in [0.717, 1.165) is 21.5 Å². The van der Waals surface area contributed by atoms with Crippen molar-refractivity contribution in [3.05, 3.63) is 91.6 Å². The van der Waals surface area contributed by atoms with Gasteiger partial charge < -0.3 is 14.6 Å². The Kier molecular flexibility index (Phi) is 5.49. The Morgan fingerprint density at radius 3 is 2.79 bits per heavy atom. The maximum Gasteiger partial charge on any atom is 0.256 e. The topological polar surface area (TPSA) is 75.3 Å². The van der Waals surface area contributed by atoms with Crippen LogP contribution in [0, 0.1) is 0 Å². The number of hydrogen-bond acceptors (Lipinski definition) is 4. The van der Waals surface area contributed by atoms with Crippen LogP contribution in [0.2, 0.25) is 0 Å². The lowest BCUT2D eigenvalue weighted by Gasteiger charge is -2.28. The van der Waals surface area contributed by atoms with Gasteiger partial charge in [-0.05, 0) is 42.0 Å². The maximum absolute atomic E-state index is 12.8. The van der Waals surface area contributed by atoms with E-state index in [0.29, 0.717) is 36.3 Å². The zero-order valence-corrected chi connectivity index (χ0v) is 17.5. The summed E-state index contributed by atoms with van der Waals surface area (Å²) < 4.78 is 6.17. The van der Waals surface area contributed by atoms with Gasteiger partial charge in [-0.15, -0.1) is 0 Å². The second-order valence-corrected chi connectivity index (χ2v) is 7.87. The first-order valence-corrected chi connectivity index (χ1v) is 10.1. The number of halogens is 1. The van der Waals surface area contributed by atoms with Crippen LogP contribution >= 0.6 is 15.9 Å². The molecule has 0 atom stereocenters. The van der Waals surface area contributed by atoms with Crippen molar-refractivity contribution in [2.75, 3.05) is 13.7 Å². The standard InChI is InChI=1S/C22H20BrN3O3/c1-29-17-4-2-3-14(11-17)12-20-24-19-9-10-26(13-18(19)21(27)25-20)22(28)15-5-7-16(23)8-6-15/h2-8,11H,9-10,12-13H2,1H3,(H,24,25,27). The average molecular weight is 454 g/mol. The van der Waals surface area contributed by atoms with Gasteiger partial charge in [-0.2, -0.15) is 0 Å². The zero-order valence-electron chi connectivity index (χ0n) is 15.9. The minimum absolute atomic E-state index is 0.0805. The van der Waals surface area contributed by atoms with Gasteiger partial charge in [0.05, 0.1) is 24.9 Å². The summed E-state index contributed by atoms with van der Waals surface area (Å²) in [6, 6.07) is 14.9. The van der Waals surface area contributed by atoms with Crippen molar-refractivity contribution in [1.29, 1.82) is 0 Å². The molecule has 6 nitrogen and oxygen atoms in total. The summed E-state index contributed by atoms with van der Waals surface area (Å²) in [6.07, 6.45) is 1.08. The van der Waals surface area contributed by atoms with E-state index in [1.54, 1.807) is 24.1 Å². The first-order valence-electron chi connectivity index (χ1n) is 9.32. The summed E-state index contributed by atoms with van der Waals surface area (Å²) in [5, 5.41) is 0. The highest BCUT2D eigenvalue weighted by Crippen LogP contribution is 2.19. The molecule has 0 saturated heterocycles.